The molecule has 9 heteroatoms. The highest BCUT2D eigenvalue weighted by atomic mass is 32.2. The summed E-state index contributed by atoms with van der Waals surface area (Å²) in [6.45, 7) is 2.07. The number of aromatic amines is 1. The van der Waals surface area contributed by atoms with Crippen LogP contribution in [0, 0.1) is 12.8 Å². The van der Waals surface area contributed by atoms with Gasteiger partial charge in [0.15, 0.2) is 5.82 Å². The van der Waals surface area contributed by atoms with E-state index in [1.165, 1.54) is 0 Å². The molecule has 19 heavy (non-hydrogen) atoms. The Morgan fingerprint density at radius 1 is 1.63 bits per heavy atom. The molecule has 0 amide bonds. The molecule has 2 heterocycles. The molecule has 1 aromatic rings. The second kappa shape index (κ2) is 5.17. The molecule has 106 valence electrons. The van der Waals surface area contributed by atoms with Crippen molar-refractivity contribution in [2.45, 2.75) is 19.8 Å². The van der Waals surface area contributed by atoms with Gasteiger partial charge < -0.3 is 5.11 Å². The third-order valence-corrected chi connectivity index (χ3v) is 4.49. The Hall–Kier alpha value is -1.61. The van der Waals surface area contributed by atoms with Gasteiger partial charge in [-0.25, -0.2) is 0 Å². The fraction of sp³-hybridized carbons (Fsp3) is 0.600. The van der Waals surface area contributed by atoms with Gasteiger partial charge in [0, 0.05) is 24.8 Å². The van der Waals surface area contributed by atoms with Crippen molar-refractivity contribution >= 4 is 22.0 Å². The number of piperidine rings is 1. The van der Waals surface area contributed by atoms with E-state index < -0.39 is 22.1 Å². The number of H-pyrrole nitrogens is 1. The van der Waals surface area contributed by atoms with Gasteiger partial charge in [-0.15, -0.1) is 0 Å². The maximum Gasteiger partial charge on any atom is 0.307 e. The number of hydrogen-bond donors (Lipinski definition) is 3. The Labute approximate surface area is 111 Å². The summed E-state index contributed by atoms with van der Waals surface area (Å²) in [6, 6.07) is 1.57. The fourth-order valence-electron chi connectivity index (χ4n) is 2.03. The molecule has 0 aliphatic carbocycles. The van der Waals surface area contributed by atoms with Gasteiger partial charge in [0.2, 0.25) is 0 Å². The predicted octanol–water partition coefficient (Wildman–Crippen LogP) is 0.171. The standard InChI is InChI=1S/C10H16N4O4S/c1-7-5-9(12-11-7)13-19(17,18)14-4-2-3-8(6-14)10(15)16/h5,8H,2-4,6H2,1H3,(H,15,16)(H2,11,12,13). The van der Waals surface area contributed by atoms with Crippen molar-refractivity contribution in [3.8, 4) is 0 Å². The van der Waals surface area contributed by atoms with Crippen molar-refractivity contribution < 1.29 is 18.3 Å². The number of aliphatic carboxylic acids is 1. The van der Waals surface area contributed by atoms with Gasteiger partial charge in [-0.2, -0.15) is 17.8 Å². The molecule has 1 aliphatic rings. The molecule has 0 radical (unpaired) electrons. The first kappa shape index (κ1) is 13.8. The van der Waals surface area contributed by atoms with Gasteiger partial charge in [0.1, 0.15) is 0 Å². The summed E-state index contributed by atoms with van der Waals surface area (Å²) in [4.78, 5) is 10.9. The number of aryl methyl sites for hydroxylation is 1. The zero-order valence-electron chi connectivity index (χ0n) is 10.5. The Kier molecular flexibility index (Phi) is 3.76. The molecule has 1 aliphatic heterocycles. The number of carbonyl (C=O) groups is 1. The first-order chi connectivity index (χ1) is 8.88. The van der Waals surface area contributed by atoms with Crippen LogP contribution in [0.2, 0.25) is 0 Å². The van der Waals surface area contributed by atoms with Crippen LogP contribution in [0.25, 0.3) is 0 Å². The summed E-state index contributed by atoms with van der Waals surface area (Å²) in [5.41, 5.74) is 0.736. The van der Waals surface area contributed by atoms with Crippen LogP contribution < -0.4 is 4.72 Å². The van der Waals surface area contributed by atoms with Crippen LogP contribution in [0.3, 0.4) is 0 Å². The highest BCUT2D eigenvalue weighted by molar-refractivity contribution is 7.90. The number of rotatable bonds is 4. The summed E-state index contributed by atoms with van der Waals surface area (Å²) in [5, 5.41) is 15.4. The normalized spacial score (nSPS) is 21.2. The molecular formula is C10H16N4O4S. The molecule has 3 N–H and O–H groups in total. The van der Waals surface area contributed by atoms with Crippen molar-refractivity contribution in [1.29, 1.82) is 0 Å². The zero-order valence-corrected chi connectivity index (χ0v) is 11.3. The number of aromatic nitrogens is 2. The highest BCUT2D eigenvalue weighted by Crippen LogP contribution is 2.20. The lowest BCUT2D eigenvalue weighted by Gasteiger charge is -2.29. The summed E-state index contributed by atoms with van der Waals surface area (Å²) >= 11 is 0. The lowest BCUT2D eigenvalue weighted by atomic mass is 10.0. The quantitative estimate of drug-likeness (QED) is 0.730. The van der Waals surface area contributed by atoms with E-state index in [1.807, 2.05) is 0 Å². The second-order valence-corrected chi connectivity index (χ2v) is 6.25. The van der Waals surface area contributed by atoms with Gasteiger partial charge >= 0.3 is 16.2 Å². The average molecular weight is 288 g/mol. The van der Waals surface area contributed by atoms with Gasteiger partial charge in [-0.05, 0) is 19.8 Å². The van der Waals surface area contributed by atoms with Crippen molar-refractivity contribution in [2.24, 2.45) is 5.92 Å². The van der Waals surface area contributed by atoms with Crippen LogP contribution in [0.5, 0.6) is 0 Å². The minimum absolute atomic E-state index is 0.00588. The number of nitrogens with one attached hydrogen (secondary N) is 2. The lowest BCUT2D eigenvalue weighted by molar-refractivity contribution is -0.142. The molecule has 1 atom stereocenters. The smallest absolute Gasteiger partial charge is 0.307 e. The molecule has 1 saturated heterocycles. The number of carboxylic acid groups (broad SMARTS) is 1. The van der Waals surface area contributed by atoms with E-state index in [0.717, 1.165) is 10.00 Å². The number of anilines is 1. The molecule has 0 spiro atoms. The van der Waals surface area contributed by atoms with Crippen LogP contribution in [0.15, 0.2) is 6.07 Å². The minimum atomic E-state index is -3.75. The third kappa shape index (κ3) is 3.24. The van der Waals surface area contributed by atoms with Crippen LogP contribution in [0.4, 0.5) is 5.82 Å². The fourth-order valence-corrected chi connectivity index (χ4v) is 3.27. The van der Waals surface area contributed by atoms with Crippen molar-refractivity contribution in [3.05, 3.63) is 11.8 Å². The average Bonchev–Trinajstić information content (AvgIpc) is 2.74. The summed E-state index contributed by atoms with van der Waals surface area (Å²) in [7, 11) is -3.75. The molecule has 1 fully saturated rings. The number of carboxylic acids is 1. The Morgan fingerprint density at radius 2 is 2.37 bits per heavy atom. The maximum atomic E-state index is 12.1. The maximum absolute atomic E-state index is 12.1. The van der Waals surface area contributed by atoms with Crippen LogP contribution in [0.1, 0.15) is 18.5 Å². The number of hydrogen-bond acceptors (Lipinski definition) is 4. The van der Waals surface area contributed by atoms with E-state index in [9.17, 15) is 13.2 Å². The van der Waals surface area contributed by atoms with Gasteiger partial charge in [-0.3, -0.25) is 14.6 Å². The minimum Gasteiger partial charge on any atom is -0.481 e. The zero-order chi connectivity index (χ0) is 14.0. The van der Waals surface area contributed by atoms with E-state index in [2.05, 4.69) is 14.9 Å². The summed E-state index contributed by atoms with van der Waals surface area (Å²) < 4.78 is 27.7. The largest absolute Gasteiger partial charge is 0.481 e. The van der Waals surface area contributed by atoms with Crippen molar-refractivity contribution in [3.63, 3.8) is 0 Å². The van der Waals surface area contributed by atoms with Gasteiger partial charge in [0.05, 0.1) is 5.92 Å². The van der Waals surface area contributed by atoms with Crippen molar-refractivity contribution in [2.75, 3.05) is 17.8 Å². The summed E-state index contributed by atoms with van der Waals surface area (Å²) in [5.74, 6) is -1.41. The van der Waals surface area contributed by atoms with Crippen LogP contribution in [-0.4, -0.2) is 47.1 Å². The Balaban J connectivity index is 2.08. The molecule has 1 unspecified atom stereocenters. The van der Waals surface area contributed by atoms with E-state index >= 15 is 0 Å². The SMILES string of the molecule is Cc1cc(NS(=O)(=O)N2CCCC(C(=O)O)C2)n[nH]1. The lowest BCUT2D eigenvalue weighted by Crippen LogP contribution is -2.44. The van der Waals surface area contributed by atoms with E-state index in [1.54, 1.807) is 13.0 Å². The summed E-state index contributed by atoms with van der Waals surface area (Å²) in [6.07, 6.45) is 1.04. The molecular weight excluding hydrogens is 272 g/mol. The molecule has 1 aromatic heterocycles. The first-order valence-electron chi connectivity index (χ1n) is 5.91. The number of nitrogens with zero attached hydrogens (tertiary/aromatic N) is 2. The Bertz CT molecular complexity index is 568. The van der Waals surface area contributed by atoms with E-state index in [-0.39, 0.29) is 12.4 Å². The topological polar surface area (TPSA) is 115 Å². The predicted molar refractivity (Wildman–Crippen MR) is 67.8 cm³/mol. The highest BCUT2D eigenvalue weighted by Gasteiger charge is 2.32. The van der Waals surface area contributed by atoms with E-state index in [4.69, 9.17) is 5.11 Å². The van der Waals surface area contributed by atoms with Crippen molar-refractivity contribution in [1.82, 2.24) is 14.5 Å². The van der Waals surface area contributed by atoms with Crippen LogP contribution >= 0.6 is 0 Å². The third-order valence-electron chi connectivity index (χ3n) is 3.01. The molecule has 0 saturated carbocycles. The van der Waals surface area contributed by atoms with E-state index in [0.29, 0.717) is 19.4 Å². The monoisotopic (exact) mass is 288 g/mol. The molecule has 2 rings (SSSR count). The van der Waals surface area contributed by atoms with Gasteiger partial charge in [-0.1, -0.05) is 0 Å². The van der Waals surface area contributed by atoms with Crippen LogP contribution in [-0.2, 0) is 15.0 Å². The Morgan fingerprint density at radius 3 is 2.95 bits per heavy atom. The van der Waals surface area contributed by atoms with Gasteiger partial charge in [0.25, 0.3) is 0 Å². The molecule has 0 bridgehead atoms. The molecule has 8 nitrogen and oxygen atoms in total. The molecule has 0 aromatic carbocycles. The second-order valence-electron chi connectivity index (χ2n) is 4.58. The first-order valence-corrected chi connectivity index (χ1v) is 7.35.